The fraction of sp³-hybridized carbons (Fsp3) is 1.00. The maximum absolute atomic E-state index is 9.41. The second-order valence-corrected chi connectivity index (χ2v) is 4.83. The van der Waals surface area contributed by atoms with Gasteiger partial charge in [0.1, 0.15) is 0 Å². The number of piperazine rings is 1. The van der Waals surface area contributed by atoms with E-state index in [2.05, 4.69) is 9.80 Å². The molecule has 1 saturated heterocycles. The number of β-amino-alcohol motifs (C(OH)–C–C–N with tert-alkyl or cyclic N) is 2. The maximum Gasteiger partial charge on any atom is 0.0802 e. The van der Waals surface area contributed by atoms with Crippen LogP contribution in [-0.4, -0.2) is 83.2 Å². The zero-order chi connectivity index (χ0) is 12.0. The van der Waals surface area contributed by atoms with Crippen LogP contribution in [0.5, 0.6) is 0 Å². The molecule has 0 aromatic rings. The van der Waals surface area contributed by atoms with Crippen LogP contribution in [0.2, 0.25) is 0 Å². The van der Waals surface area contributed by atoms with Gasteiger partial charge in [-0.3, -0.25) is 9.80 Å². The maximum atomic E-state index is 9.41. The molecule has 0 saturated carbocycles. The summed E-state index contributed by atoms with van der Waals surface area (Å²) in [5.41, 5.74) is 0. The van der Waals surface area contributed by atoms with Crippen molar-refractivity contribution in [2.24, 2.45) is 0 Å². The summed E-state index contributed by atoms with van der Waals surface area (Å²) in [4.78, 5) is 4.38. The summed E-state index contributed by atoms with van der Waals surface area (Å²) in [6, 6.07) is 0. The molecule has 4 nitrogen and oxygen atoms in total. The van der Waals surface area contributed by atoms with E-state index in [0.717, 1.165) is 26.2 Å². The first-order chi connectivity index (χ1) is 7.65. The molecule has 0 spiro atoms. The third-order valence-corrected chi connectivity index (χ3v) is 3.47. The quantitative estimate of drug-likeness (QED) is 0.657. The van der Waals surface area contributed by atoms with Gasteiger partial charge in [0, 0.05) is 51.0 Å². The van der Waals surface area contributed by atoms with Crippen LogP contribution in [0.4, 0.5) is 0 Å². The Kier molecular flexibility index (Phi) is 6.96. The summed E-state index contributed by atoms with van der Waals surface area (Å²) in [6.45, 7) is 4.89. The van der Waals surface area contributed by atoms with Crippen molar-refractivity contribution in [1.29, 1.82) is 0 Å². The smallest absolute Gasteiger partial charge is 0.0802 e. The first kappa shape index (κ1) is 14.5. The normalized spacial score (nSPS) is 23.2. The molecule has 1 aliphatic heterocycles. The number of aliphatic hydroxyl groups excluding tert-OH is 2. The molecule has 1 heterocycles. The van der Waals surface area contributed by atoms with Crippen LogP contribution in [0.15, 0.2) is 0 Å². The van der Waals surface area contributed by atoms with E-state index in [4.69, 9.17) is 23.2 Å². The van der Waals surface area contributed by atoms with Crippen LogP contribution >= 0.6 is 23.2 Å². The van der Waals surface area contributed by atoms with Gasteiger partial charge in [0.15, 0.2) is 0 Å². The molecule has 0 aliphatic carbocycles. The van der Waals surface area contributed by atoms with E-state index in [1.165, 1.54) is 0 Å². The predicted molar refractivity (Wildman–Crippen MR) is 66.3 cm³/mol. The van der Waals surface area contributed by atoms with Crippen molar-refractivity contribution in [2.75, 3.05) is 51.0 Å². The van der Waals surface area contributed by atoms with Crippen LogP contribution in [0.25, 0.3) is 0 Å². The van der Waals surface area contributed by atoms with Crippen molar-refractivity contribution in [3.63, 3.8) is 0 Å². The Balaban J connectivity index is 2.18. The lowest BCUT2D eigenvalue weighted by Gasteiger charge is -2.36. The van der Waals surface area contributed by atoms with Crippen LogP contribution in [0.1, 0.15) is 0 Å². The largest absolute Gasteiger partial charge is 0.391 e. The monoisotopic (exact) mass is 270 g/mol. The highest BCUT2D eigenvalue weighted by Gasteiger charge is 2.20. The summed E-state index contributed by atoms with van der Waals surface area (Å²) in [5, 5.41) is 18.8. The molecule has 2 N–H and O–H groups in total. The Hall–Kier alpha value is 0.420. The standard InChI is InChI=1S/C10H20Cl2N2O2/c11-5-9(15)7-13-1-2-14(4-3-13)8-10(16)6-12/h9-10,15-16H,1-8H2. The Morgan fingerprint density at radius 2 is 1.12 bits per heavy atom. The third kappa shape index (κ3) is 5.17. The Morgan fingerprint density at radius 1 is 0.812 bits per heavy atom. The summed E-state index contributed by atoms with van der Waals surface area (Å²) in [5.74, 6) is 0.566. The van der Waals surface area contributed by atoms with Crippen molar-refractivity contribution >= 4 is 23.2 Å². The van der Waals surface area contributed by atoms with E-state index < -0.39 is 12.2 Å². The van der Waals surface area contributed by atoms with E-state index in [0.29, 0.717) is 13.1 Å². The van der Waals surface area contributed by atoms with Crippen molar-refractivity contribution in [1.82, 2.24) is 9.80 Å². The first-order valence-corrected chi connectivity index (χ1v) is 6.65. The average molecular weight is 271 g/mol. The van der Waals surface area contributed by atoms with Gasteiger partial charge in [0.2, 0.25) is 0 Å². The van der Waals surface area contributed by atoms with Crippen molar-refractivity contribution in [3.8, 4) is 0 Å². The number of nitrogens with zero attached hydrogens (tertiary/aromatic N) is 2. The molecule has 1 rings (SSSR count). The minimum Gasteiger partial charge on any atom is -0.391 e. The molecule has 2 unspecified atom stereocenters. The SMILES string of the molecule is OC(CCl)CN1CCN(CC(O)CCl)CC1. The predicted octanol–water partition coefficient (Wildman–Crippen LogP) is -0.197. The molecule has 0 bridgehead atoms. The Bertz CT molecular complexity index is 170. The van der Waals surface area contributed by atoms with Gasteiger partial charge >= 0.3 is 0 Å². The molecular formula is C10H20Cl2N2O2. The molecule has 0 amide bonds. The molecule has 0 aromatic heterocycles. The second kappa shape index (κ2) is 7.69. The van der Waals surface area contributed by atoms with E-state index in [1.54, 1.807) is 0 Å². The van der Waals surface area contributed by atoms with E-state index in [1.807, 2.05) is 0 Å². The van der Waals surface area contributed by atoms with Gasteiger partial charge in [-0.05, 0) is 0 Å². The zero-order valence-corrected chi connectivity index (χ0v) is 10.9. The summed E-state index contributed by atoms with van der Waals surface area (Å²) in [6.07, 6.45) is -0.886. The average Bonchev–Trinajstić information content (AvgIpc) is 2.31. The number of aliphatic hydroxyl groups is 2. The topological polar surface area (TPSA) is 46.9 Å². The fourth-order valence-electron chi connectivity index (χ4n) is 1.85. The van der Waals surface area contributed by atoms with Crippen molar-refractivity contribution in [2.45, 2.75) is 12.2 Å². The molecule has 2 atom stereocenters. The minimum atomic E-state index is -0.443. The highest BCUT2D eigenvalue weighted by atomic mass is 35.5. The molecule has 16 heavy (non-hydrogen) atoms. The van der Waals surface area contributed by atoms with E-state index in [-0.39, 0.29) is 11.8 Å². The van der Waals surface area contributed by atoms with Crippen LogP contribution < -0.4 is 0 Å². The summed E-state index contributed by atoms with van der Waals surface area (Å²) < 4.78 is 0. The number of alkyl halides is 2. The number of halogens is 2. The number of rotatable bonds is 6. The Labute approximate surface area is 107 Å². The number of hydrogen-bond donors (Lipinski definition) is 2. The van der Waals surface area contributed by atoms with Gasteiger partial charge < -0.3 is 10.2 Å². The second-order valence-electron chi connectivity index (χ2n) is 4.22. The van der Waals surface area contributed by atoms with Crippen LogP contribution in [-0.2, 0) is 0 Å². The van der Waals surface area contributed by atoms with Crippen LogP contribution in [0, 0.1) is 0 Å². The lowest BCUT2D eigenvalue weighted by molar-refractivity contribution is 0.0591. The van der Waals surface area contributed by atoms with Gasteiger partial charge in [-0.2, -0.15) is 0 Å². The first-order valence-electron chi connectivity index (χ1n) is 5.58. The molecule has 1 aliphatic rings. The van der Waals surface area contributed by atoms with E-state index >= 15 is 0 Å². The fourth-order valence-corrected chi connectivity index (χ4v) is 2.04. The van der Waals surface area contributed by atoms with Gasteiger partial charge in [-0.25, -0.2) is 0 Å². The van der Waals surface area contributed by atoms with E-state index in [9.17, 15) is 10.2 Å². The lowest BCUT2D eigenvalue weighted by Crippen LogP contribution is -2.50. The van der Waals surface area contributed by atoms with Gasteiger partial charge in [-0.15, -0.1) is 23.2 Å². The molecular weight excluding hydrogens is 251 g/mol. The lowest BCUT2D eigenvalue weighted by atomic mass is 10.2. The summed E-state index contributed by atoms with van der Waals surface area (Å²) in [7, 11) is 0. The number of hydrogen-bond acceptors (Lipinski definition) is 4. The molecule has 0 radical (unpaired) electrons. The van der Waals surface area contributed by atoms with Gasteiger partial charge in [0.25, 0.3) is 0 Å². The summed E-state index contributed by atoms with van der Waals surface area (Å²) >= 11 is 11.1. The van der Waals surface area contributed by atoms with Crippen molar-refractivity contribution in [3.05, 3.63) is 0 Å². The van der Waals surface area contributed by atoms with Gasteiger partial charge in [-0.1, -0.05) is 0 Å². The van der Waals surface area contributed by atoms with Gasteiger partial charge in [0.05, 0.1) is 12.2 Å². The highest BCUT2D eigenvalue weighted by molar-refractivity contribution is 6.18. The van der Waals surface area contributed by atoms with Crippen LogP contribution in [0.3, 0.4) is 0 Å². The Morgan fingerprint density at radius 3 is 1.38 bits per heavy atom. The molecule has 0 aromatic carbocycles. The molecule has 96 valence electrons. The minimum absolute atomic E-state index is 0.283. The molecule has 6 heteroatoms. The highest BCUT2D eigenvalue weighted by Crippen LogP contribution is 2.04. The zero-order valence-electron chi connectivity index (χ0n) is 9.36. The van der Waals surface area contributed by atoms with Crippen molar-refractivity contribution < 1.29 is 10.2 Å². The third-order valence-electron chi connectivity index (χ3n) is 2.76. The molecule has 1 fully saturated rings.